The van der Waals surface area contributed by atoms with Crippen molar-refractivity contribution in [3.05, 3.63) is 41.5 Å². The highest BCUT2D eigenvalue weighted by molar-refractivity contribution is 5.93. The fourth-order valence-electron chi connectivity index (χ4n) is 1.30. The molecule has 3 nitrogen and oxygen atoms in total. The van der Waals surface area contributed by atoms with Gasteiger partial charge >= 0.3 is 5.97 Å². The van der Waals surface area contributed by atoms with E-state index >= 15 is 0 Å². The molecule has 0 aliphatic rings. The monoisotopic (exact) mass is 218 g/mol. The fraction of sp³-hybridized carbons (Fsp3) is 0.231. The second kappa shape index (κ2) is 5.85. The van der Waals surface area contributed by atoms with Crippen molar-refractivity contribution in [3.8, 4) is 0 Å². The first-order valence-electron chi connectivity index (χ1n) is 5.08. The third-order valence-corrected chi connectivity index (χ3v) is 2.16. The number of rotatable bonds is 5. The molecule has 1 aromatic rings. The molecule has 1 aromatic carbocycles. The Morgan fingerprint density at radius 2 is 1.81 bits per heavy atom. The fourth-order valence-corrected chi connectivity index (χ4v) is 1.30. The Morgan fingerprint density at radius 3 is 2.31 bits per heavy atom. The number of benzene rings is 1. The highest BCUT2D eigenvalue weighted by Gasteiger charge is 2.08. The summed E-state index contributed by atoms with van der Waals surface area (Å²) in [5, 5.41) is 8.97. The van der Waals surface area contributed by atoms with Crippen LogP contribution in [0.5, 0.6) is 0 Å². The molecule has 0 radical (unpaired) electrons. The Balaban J connectivity index is 2.81. The summed E-state index contributed by atoms with van der Waals surface area (Å²) in [5.74, 6) is -0.967. The number of carboxylic acids is 1. The molecule has 16 heavy (non-hydrogen) atoms. The maximum Gasteiger partial charge on any atom is 0.331 e. The van der Waals surface area contributed by atoms with Gasteiger partial charge in [0.15, 0.2) is 0 Å². The van der Waals surface area contributed by atoms with E-state index in [1.54, 1.807) is 6.08 Å². The van der Waals surface area contributed by atoms with Gasteiger partial charge in [0.1, 0.15) is 5.78 Å². The molecule has 0 saturated heterocycles. The summed E-state index contributed by atoms with van der Waals surface area (Å²) < 4.78 is 0. The van der Waals surface area contributed by atoms with Gasteiger partial charge in [0.2, 0.25) is 0 Å². The summed E-state index contributed by atoms with van der Waals surface area (Å²) in [6, 6.07) is 9.22. The molecule has 0 saturated carbocycles. The van der Waals surface area contributed by atoms with Gasteiger partial charge in [-0.1, -0.05) is 30.3 Å². The van der Waals surface area contributed by atoms with E-state index in [0.29, 0.717) is 0 Å². The summed E-state index contributed by atoms with van der Waals surface area (Å²) in [5.41, 5.74) is 1.10. The van der Waals surface area contributed by atoms with E-state index in [2.05, 4.69) is 0 Å². The number of hydrogen-bond donors (Lipinski definition) is 1. The van der Waals surface area contributed by atoms with Gasteiger partial charge in [0, 0.05) is 12.0 Å². The van der Waals surface area contributed by atoms with Crippen LogP contribution in [0.4, 0.5) is 0 Å². The normalized spacial score (nSPS) is 11.2. The van der Waals surface area contributed by atoms with Crippen LogP contribution in [0.2, 0.25) is 0 Å². The highest BCUT2D eigenvalue weighted by atomic mass is 16.4. The Bertz CT molecular complexity index is 404. The lowest BCUT2D eigenvalue weighted by molar-refractivity contribution is -0.132. The maximum absolute atomic E-state index is 10.9. The van der Waals surface area contributed by atoms with Crippen molar-refractivity contribution in [1.29, 1.82) is 0 Å². The van der Waals surface area contributed by atoms with Gasteiger partial charge in [-0.25, -0.2) is 4.79 Å². The Labute approximate surface area is 94.4 Å². The summed E-state index contributed by atoms with van der Waals surface area (Å²) in [4.78, 5) is 21.7. The topological polar surface area (TPSA) is 54.4 Å². The van der Waals surface area contributed by atoms with E-state index in [0.717, 1.165) is 5.56 Å². The summed E-state index contributed by atoms with van der Waals surface area (Å²) in [6.07, 6.45) is 2.15. The third kappa shape index (κ3) is 4.09. The molecule has 0 aliphatic carbocycles. The van der Waals surface area contributed by atoms with Crippen LogP contribution in [0.25, 0.3) is 6.08 Å². The van der Waals surface area contributed by atoms with Crippen LogP contribution in [0.15, 0.2) is 35.9 Å². The molecule has 0 aliphatic heterocycles. The minimum atomic E-state index is -0.967. The Morgan fingerprint density at radius 1 is 1.19 bits per heavy atom. The average molecular weight is 218 g/mol. The molecule has 0 bridgehead atoms. The van der Waals surface area contributed by atoms with Crippen molar-refractivity contribution >= 4 is 17.8 Å². The average Bonchev–Trinajstić information content (AvgIpc) is 2.25. The maximum atomic E-state index is 10.9. The minimum Gasteiger partial charge on any atom is -0.478 e. The Kier molecular flexibility index (Phi) is 4.45. The van der Waals surface area contributed by atoms with Crippen LogP contribution in [-0.4, -0.2) is 16.9 Å². The number of aliphatic carboxylic acids is 1. The molecule has 0 amide bonds. The predicted molar refractivity (Wildman–Crippen MR) is 62.0 cm³/mol. The van der Waals surface area contributed by atoms with Crippen LogP contribution in [0.1, 0.15) is 25.3 Å². The standard InChI is InChI=1S/C13H14O3/c1-10(14)7-8-12(13(15)16)9-11-5-3-2-4-6-11/h2-6,9H,7-8H2,1H3,(H,15,16)/b12-9+. The smallest absolute Gasteiger partial charge is 0.331 e. The lowest BCUT2D eigenvalue weighted by Gasteiger charge is -2.00. The van der Waals surface area contributed by atoms with Crippen molar-refractivity contribution in [2.75, 3.05) is 0 Å². The van der Waals surface area contributed by atoms with Crippen molar-refractivity contribution in [1.82, 2.24) is 0 Å². The van der Waals surface area contributed by atoms with Crippen molar-refractivity contribution in [2.24, 2.45) is 0 Å². The second-order valence-electron chi connectivity index (χ2n) is 3.59. The number of carboxylic acid groups (broad SMARTS) is 1. The van der Waals surface area contributed by atoms with Crippen LogP contribution in [0, 0.1) is 0 Å². The van der Waals surface area contributed by atoms with Crippen LogP contribution in [-0.2, 0) is 9.59 Å². The first kappa shape index (κ1) is 12.2. The molecular weight excluding hydrogens is 204 g/mol. The molecule has 0 unspecified atom stereocenters. The largest absolute Gasteiger partial charge is 0.478 e. The molecule has 0 aromatic heterocycles. The predicted octanol–water partition coefficient (Wildman–Crippen LogP) is 2.52. The van der Waals surface area contributed by atoms with E-state index in [9.17, 15) is 9.59 Å². The molecule has 0 spiro atoms. The van der Waals surface area contributed by atoms with Gasteiger partial charge in [-0.15, -0.1) is 0 Å². The zero-order valence-electron chi connectivity index (χ0n) is 9.14. The molecule has 1 rings (SSSR count). The van der Waals surface area contributed by atoms with Gasteiger partial charge in [-0.3, -0.25) is 0 Å². The molecular formula is C13H14O3. The summed E-state index contributed by atoms with van der Waals surface area (Å²) in [7, 11) is 0. The molecule has 84 valence electrons. The third-order valence-electron chi connectivity index (χ3n) is 2.16. The molecule has 0 heterocycles. The van der Waals surface area contributed by atoms with Gasteiger partial charge < -0.3 is 9.90 Å². The summed E-state index contributed by atoms with van der Waals surface area (Å²) >= 11 is 0. The highest BCUT2D eigenvalue weighted by Crippen LogP contribution is 2.12. The van der Waals surface area contributed by atoms with Gasteiger partial charge in [0.25, 0.3) is 0 Å². The number of ketones is 1. The van der Waals surface area contributed by atoms with E-state index in [1.165, 1.54) is 6.92 Å². The molecule has 3 heteroatoms. The van der Waals surface area contributed by atoms with Crippen molar-refractivity contribution < 1.29 is 14.7 Å². The van der Waals surface area contributed by atoms with Gasteiger partial charge in [-0.05, 0) is 25.0 Å². The zero-order valence-corrected chi connectivity index (χ0v) is 9.14. The van der Waals surface area contributed by atoms with Gasteiger partial charge in [-0.2, -0.15) is 0 Å². The van der Waals surface area contributed by atoms with Crippen molar-refractivity contribution in [3.63, 3.8) is 0 Å². The lowest BCUT2D eigenvalue weighted by atomic mass is 10.1. The van der Waals surface area contributed by atoms with E-state index in [1.807, 2.05) is 30.3 Å². The minimum absolute atomic E-state index is 0.000196. The first-order chi connectivity index (χ1) is 7.59. The number of Topliss-reactive ketones (excluding diaryl/α,β-unsaturated/α-hetero) is 1. The second-order valence-corrected chi connectivity index (χ2v) is 3.59. The molecule has 0 atom stereocenters. The number of carbonyl (C=O) groups excluding carboxylic acids is 1. The van der Waals surface area contributed by atoms with Crippen LogP contribution < -0.4 is 0 Å². The molecule has 0 fully saturated rings. The van der Waals surface area contributed by atoms with Gasteiger partial charge in [0.05, 0.1) is 0 Å². The van der Waals surface area contributed by atoms with Crippen LogP contribution in [0.3, 0.4) is 0 Å². The number of hydrogen-bond acceptors (Lipinski definition) is 2. The van der Waals surface area contributed by atoms with E-state index in [4.69, 9.17) is 5.11 Å². The Hall–Kier alpha value is -1.90. The SMILES string of the molecule is CC(=O)CC/C(=C\c1ccccc1)C(=O)O. The number of carbonyl (C=O) groups is 2. The lowest BCUT2D eigenvalue weighted by Crippen LogP contribution is -2.02. The van der Waals surface area contributed by atoms with E-state index < -0.39 is 5.97 Å². The van der Waals surface area contributed by atoms with E-state index in [-0.39, 0.29) is 24.2 Å². The summed E-state index contributed by atoms with van der Waals surface area (Å²) in [6.45, 7) is 1.46. The zero-order chi connectivity index (χ0) is 12.0. The quantitative estimate of drug-likeness (QED) is 0.772. The molecule has 1 N–H and O–H groups in total. The van der Waals surface area contributed by atoms with Crippen LogP contribution >= 0.6 is 0 Å². The first-order valence-corrected chi connectivity index (χ1v) is 5.08. The van der Waals surface area contributed by atoms with Crippen molar-refractivity contribution in [2.45, 2.75) is 19.8 Å².